The van der Waals surface area contributed by atoms with Crippen LogP contribution in [-0.4, -0.2) is 30.9 Å². The van der Waals surface area contributed by atoms with Gasteiger partial charge in [0.15, 0.2) is 0 Å². The van der Waals surface area contributed by atoms with Crippen LogP contribution >= 0.6 is 0 Å². The standard InChI is InChI=1S/C16H23N3O5S/c1-5-7-24-14(6-2)11-9-12-13(8-10(11)3)17-16(21)19(15(12)20)18-25(4,22)23/h8-9,14,18H,5-7H2,1-4H3,(H,17,21). The Hall–Kier alpha value is -2.13. The van der Waals surface area contributed by atoms with E-state index in [0.717, 1.165) is 30.2 Å². The average molecular weight is 369 g/mol. The highest BCUT2D eigenvalue weighted by Crippen LogP contribution is 2.26. The van der Waals surface area contributed by atoms with Crippen molar-refractivity contribution in [3.8, 4) is 0 Å². The number of ether oxygens (including phenoxy) is 1. The second-order valence-corrected chi connectivity index (χ2v) is 7.68. The van der Waals surface area contributed by atoms with E-state index in [1.54, 1.807) is 12.1 Å². The van der Waals surface area contributed by atoms with Crippen LogP contribution in [0.2, 0.25) is 0 Å². The normalized spacial score (nSPS) is 13.1. The van der Waals surface area contributed by atoms with Gasteiger partial charge in [0, 0.05) is 6.61 Å². The first-order chi connectivity index (χ1) is 11.7. The SMILES string of the molecule is CCCOC(CC)c1cc2c(=O)n(NS(C)(=O)=O)c(=O)[nH]c2cc1C. The molecule has 0 spiro atoms. The van der Waals surface area contributed by atoms with Gasteiger partial charge in [0.25, 0.3) is 5.56 Å². The predicted molar refractivity (Wildman–Crippen MR) is 97.0 cm³/mol. The monoisotopic (exact) mass is 369 g/mol. The second-order valence-electron chi connectivity index (χ2n) is 5.96. The van der Waals surface area contributed by atoms with E-state index in [2.05, 4.69) is 4.98 Å². The summed E-state index contributed by atoms with van der Waals surface area (Å²) in [6.45, 7) is 6.48. The highest BCUT2D eigenvalue weighted by Gasteiger charge is 2.17. The minimum Gasteiger partial charge on any atom is -0.374 e. The number of nitrogens with zero attached hydrogens (tertiary/aromatic N) is 1. The van der Waals surface area contributed by atoms with Crippen LogP contribution in [-0.2, 0) is 14.8 Å². The Balaban J connectivity index is 2.68. The van der Waals surface area contributed by atoms with Gasteiger partial charge in [0.2, 0.25) is 10.0 Å². The molecule has 2 rings (SSSR count). The van der Waals surface area contributed by atoms with E-state index in [0.29, 0.717) is 16.8 Å². The Bertz CT molecular complexity index is 991. The van der Waals surface area contributed by atoms with Gasteiger partial charge >= 0.3 is 5.69 Å². The Morgan fingerprint density at radius 3 is 2.52 bits per heavy atom. The van der Waals surface area contributed by atoms with E-state index in [1.807, 2.05) is 25.6 Å². The van der Waals surface area contributed by atoms with E-state index in [1.165, 1.54) is 0 Å². The van der Waals surface area contributed by atoms with Crippen molar-refractivity contribution in [1.82, 2.24) is 9.66 Å². The van der Waals surface area contributed by atoms with E-state index >= 15 is 0 Å². The van der Waals surface area contributed by atoms with Crippen molar-refractivity contribution >= 4 is 20.9 Å². The minimum atomic E-state index is -3.77. The molecule has 8 nitrogen and oxygen atoms in total. The lowest BCUT2D eigenvalue weighted by Crippen LogP contribution is -2.43. The van der Waals surface area contributed by atoms with Gasteiger partial charge in [-0.25, -0.2) is 18.0 Å². The minimum absolute atomic E-state index is 0.174. The number of hydrogen-bond donors (Lipinski definition) is 2. The van der Waals surface area contributed by atoms with Crippen LogP contribution in [0.1, 0.15) is 43.9 Å². The lowest BCUT2D eigenvalue weighted by atomic mass is 9.99. The molecule has 0 fully saturated rings. The van der Waals surface area contributed by atoms with Crippen LogP contribution in [0.15, 0.2) is 21.7 Å². The Labute approximate surface area is 145 Å². The molecule has 0 aliphatic rings. The average Bonchev–Trinajstić information content (AvgIpc) is 2.52. The first kappa shape index (κ1) is 19.2. The highest BCUT2D eigenvalue weighted by atomic mass is 32.2. The quantitative estimate of drug-likeness (QED) is 0.766. The number of benzene rings is 1. The molecule has 0 amide bonds. The van der Waals surface area contributed by atoms with Gasteiger partial charge in [-0.2, -0.15) is 4.68 Å². The Morgan fingerprint density at radius 1 is 1.28 bits per heavy atom. The Morgan fingerprint density at radius 2 is 1.96 bits per heavy atom. The molecule has 1 aromatic carbocycles. The smallest absolute Gasteiger partial charge is 0.348 e. The summed E-state index contributed by atoms with van der Waals surface area (Å²) in [4.78, 5) is 29.1. The molecule has 2 aromatic rings. The zero-order valence-corrected chi connectivity index (χ0v) is 15.6. The number of aromatic nitrogens is 2. The molecular weight excluding hydrogens is 346 g/mol. The number of sulfonamides is 1. The molecular formula is C16H23N3O5S. The van der Waals surface area contributed by atoms with Crippen LogP contribution in [0.5, 0.6) is 0 Å². The third-order valence-electron chi connectivity index (χ3n) is 3.78. The summed E-state index contributed by atoms with van der Waals surface area (Å²) in [7, 11) is -3.77. The summed E-state index contributed by atoms with van der Waals surface area (Å²) in [5, 5.41) is 0.217. The summed E-state index contributed by atoms with van der Waals surface area (Å²) in [5.74, 6) is 0. The molecule has 0 aliphatic carbocycles. The van der Waals surface area contributed by atoms with Crippen molar-refractivity contribution in [2.75, 3.05) is 17.7 Å². The first-order valence-corrected chi connectivity index (χ1v) is 9.96. The number of fused-ring (bicyclic) bond motifs is 1. The largest absolute Gasteiger partial charge is 0.374 e. The molecule has 9 heteroatoms. The zero-order chi connectivity index (χ0) is 18.8. The van der Waals surface area contributed by atoms with Crippen LogP contribution in [0.25, 0.3) is 10.9 Å². The summed E-state index contributed by atoms with van der Waals surface area (Å²) >= 11 is 0. The fourth-order valence-electron chi connectivity index (χ4n) is 2.67. The lowest BCUT2D eigenvalue weighted by Gasteiger charge is -2.19. The molecule has 1 unspecified atom stereocenters. The van der Waals surface area contributed by atoms with E-state index in [4.69, 9.17) is 4.74 Å². The molecule has 1 atom stereocenters. The van der Waals surface area contributed by atoms with Gasteiger partial charge in [0.1, 0.15) is 0 Å². The van der Waals surface area contributed by atoms with Gasteiger partial charge in [-0.05, 0) is 43.0 Å². The van der Waals surface area contributed by atoms with E-state index in [-0.39, 0.29) is 11.5 Å². The van der Waals surface area contributed by atoms with Gasteiger partial charge in [0.05, 0.1) is 23.3 Å². The summed E-state index contributed by atoms with van der Waals surface area (Å²) in [6, 6.07) is 3.36. The lowest BCUT2D eigenvalue weighted by molar-refractivity contribution is 0.0501. The number of nitrogens with one attached hydrogen (secondary N) is 2. The van der Waals surface area contributed by atoms with Crippen molar-refractivity contribution < 1.29 is 13.2 Å². The molecule has 0 bridgehead atoms. The zero-order valence-electron chi connectivity index (χ0n) is 14.8. The molecule has 25 heavy (non-hydrogen) atoms. The second kappa shape index (κ2) is 7.40. The molecule has 0 saturated heterocycles. The number of aromatic amines is 1. The van der Waals surface area contributed by atoms with Crippen molar-refractivity contribution in [3.63, 3.8) is 0 Å². The number of H-pyrrole nitrogens is 1. The van der Waals surface area contributed by atoms with E-state index < -0.39 is 21.3 Å². The van der Waals surface area contributed by atoms with Crippen molar-refractivity contribution in [1.29, 1.82) is 0 Å². The third kappa shape index (κ3) is 4.29. The van der Waals surface area contributed by atoms with Crippen molar-refractivity contribution in [3.05, 3.63) is 44.1 Å². The number of hydrogen-bond acceptors (Lipinski definition) is 5. The summed E-state index contributed by atoms with van der Waals surface area (Å²) in [6.07, 6.45) is 2.30. The van der Waals surface area contributed by atoms with Crippen LogP contribution in [0, 0.1) is 6.92 Å². The predicted octanol–water partition coefficient (Wildman–Crippen LogP) is 1.38. The molecule has 2 N–H and O–H groups in total. The summed E-state index contributed by atoms with van der Waals surface area (Å²) in [5.41, 5.74) is 0.520. The van der Waals surface area contributed by atoms with E-state index in [9.17, 15) is 18.0 Å². The van der Waals surface area contributed by atoms with Gasteiger partial charge in [-0.1, -0.05) is 13.8 Å². The molecule has 0 aliphatic heterocycles. The topological polar surface area (TPSA) is 110 Å². The first-order valence-electron chi connectivity index (χ1n) is 8.06. The van der Waals surface area contributed by atoms with Crippen molar-refractivity contribution in [2.45, 2.75) is 39.7 Å². The maximum Gasteiger partial charge on any atom is 0.348 e. The van der Waals surface area contributed by atoms with Gasteiger partial charge < -0.3 is 9.72 Å². The molecule has 138 valence electrons. The maximum atomic E-state index is 12.6. The summed E-state index contributed by atoms with van der Waals surface area (Å²) < 4.78 is 29.1. The van der Waals surface area contributed by atoms with Crippen LogP contribution in [0.4, 0.5) is 0 Å². The highest BCUT2D eigenvalue weighted by molar-refractivity contribution is 7.91. The van der Waals surface area contributed by atoms with Gasteiger partial charge in [-0.3, -0.25) is 4.79 Å². The molecule has 1 aromatic heterocycles. The number of rotatable bonds is 7. The van der Waals surface area contributed by atoms with Crippen LogP contribution < -0.4 is 16.1 Å². The fourth-order valence-corrected chi connectivity index (χ4v) is 3.17. The molecule has 1 heterocycles. The third-order valence-corrected chi connectivity index (χ3v) is 4.30. The fraction of sp³-hybridized carbons (Fsp3) is 0.500. The Kier molecular flexibility index (Phi) is 5.69. The maximum absolute atomic E-state index is 12.6. The van der Waals surface area contributed by atoms with Crippen LogP contribution in [0.3, 0.4) is 0 Å². The van der Waals surface area contributed by atoms with Crippen molar-refractivity contribution in [2.24, 2.45) is 0 Å². The molecule has 0 radical (unpaired) electrons. The molecule has 0 saturated carbocycles. The number of aryl methyl sites for hydroxylation is 1. The van der Waals surface area contributed by atoms with Gasteiger partial charge in [-0.15, -0.1) is 0 Å².